The molecule has 9 heteroatoms. The van der Waals surface area contributed by atoms with E-state index in [-0.39, 0.29) is 18.0 Å². The van der Waals surface area contributed by atoms with Gasteiger partial charge in [-0.2, -0.15) is 0 Å². The quantitative estimate of drug-likeness (QED) is 0.741. The van der Waals surface area contributed by atoms with Crippen LogP contribution in [0.2, 0.25) is 0 Å². The van der Waals surface area contributed by atoms with Crippen LogP contribution < -0.4 is 10.6 Å². The summed E-state index contributed by atoms with van der Waals surface area (Å²) >= 11 is 0. The van der Waals surface area contributed by atoms with Gasteiger partial charge in [0.05, 0.1) is 17.8 Å². The van der Waals surface area contributed by atoms with E-state index in [4.69, 9.17) is 0 Å². The fraction of sp³-hybridized carbons (Fsp3) is 0.182. The van der Waals surface area contributed by atoms with Crippen LogP contribution in [0.4, 0.5) is 10.1 Å². The molecule has 102 valence electrons. The van der Waals surface area contributed by atoms with Crippen LogP contribution in [0.1, 0.15) is 6.42 Å². The summed E-state index contributed by atoms with van der Waals surface area (Å²) in [5.41, 5.74) is 0.636. The van der Waals surface area contributed by atoms with Gasteiger partial charge in [0.25, 0.3) is 0 Å². The summed E-state index contributed by atoms with van der Waals surface area (Å²) < 4.78 is 15.1. The molecule has 1 aliphatic heterocycles. The maximum Gasteiger partial charge on any atom is 0.249 e. The van der Waals surface area contributed by atoms with Gasteiger partial charge in [0.2, 0.25) is 11.8 Å². The fourth-order valence-electron chi connectivity index (χ4n) is 1.90. The molecule has 0 aliphatic carbocycles. The van der Waals surface area contributed by atoms with E-state index < -0.39 is 17.8 Å². The number of carbonyl (C=O) groups excluding carboxylic acids is 2. The van der Waals surface area contributed by atoms with Gasteiger partial charge in [-0.15, -0.1) is 5.10 Å². The van der Waals surface area contributed by atoms with E-state index in [0.717, 1.165) is 0 Å². The van der Waals surface area contributed by atoms with Crippen molar-refractivity contribution in [3.63, 3.8) is 0 Å². The predicted octanol–water partition coefficient (Wildman–Crippen LogP) is -0.372. The van der Waals surface area contributed by atoms with E-state index in [2.05, 4.69) is 26.2 Å². The number of anilines is 1. The molecule has 0 radical (unpaired) electrons. The summed E-state index contributed by atoms with van der Waals surface area (Å²) in [7, 11) is 0. The summed E-state index contributed by atoms with van der Waals surface area (Å²) in [6, 6.07) is 3.41. The van der Waals surface area contributed by atoms with Crippen molar-refractivity contribution in [1.82, 2.24) is 25.5 Å². The number of carbonyl (C=O) groups is 2. The monoisotopic (exact) mass is 276 g/mol. The van der Waals surface area contributed by atoms with Gasteiger partial charge >= 0.3 is 0 Å². The third-order valence-electron chi connectivity index (χ3n) is 2.86. The Hall–Kier alpha value is -2.84. The second-order valence-corrected chi connectivity index (χ2v) is 4.23. The lowest BCUT2D eigenvalue weighted by molar-refractivity contribution is -0.124. The summed E-state index contributed by atoms with van der Waals surface area (Å²) in [5, 5.41) is 15.5. The molecule has 0 spiro atoms. The van der Waals surface area contributed by atoms with E-state index >= 15 is 0 Å². The Morgan fingerprint density at radius 2 is 2.25 bits per heavy atom. The molecule has 0 saturated carbocycles. The molecular formula is C11H9FN6O2. The minimum Gasteiger partial charge on any atom is -0.371 e. The number of tetrazole rings is 1. The Morgan fingerprint density at radius 1 is 1.40 bits per heavy atom. The Balaban J connectivity index is 1.87. The number of halogens is 1. The maximum absolute atomic E-state index is 13.7. The van der Waals surface area contributed by atoms with Crippen LogP contribution in [0.5, 0.6) is 0 Å². The molecule has 1 saturated heterocycles. The van der Waals surface area contributed by atoms with E-state index in [0.29, 0.717) is 5.69 Å². The van der Waals surface area contributed by atoms with E-state index in [1.165, 1.54) is 29.2 Å². The number of hydrogen-bond acceptors (Lipinski definition) is 6. The maximum atomic E-state index is 13.7. The normalized spacial score (nSPS) is 18.1. The zero-order valence-corrected chi connectivity index (χ0v) is 10.1. The highest BCUT2D eigenvalue weighted by Crippen LogP contribution is 2.20. The van der Waals surface area contributed by atoms with Gasteiger partial charge in [0, 0.05) is 0 Å². The third kappa shape index (κ3) is 2.20. The van der Waals surface area contributed by atoms with E-state index in [1.807, 2.05) is 0 Å². The molecule has 2 heterocycles. The molecule has 20 heavy (non-hydrogen) atoms. The number of benzene rings is 1. The van der Waals surface area contributed by atoms with Crippen LogP contribution in [0.15, 0.2) is 24.5 Å². The Morgan fingerprint density at radius 3 is 2.90 bits per heavy atom. The minimum absolute atomic E-state index is 0.0205. The first-order chi connectivity index (χ1) is 9.63. The largest absolute Gasteiger partial charge is 0.371 e. The highest BCUT2D eigenvalue weighted by Gasteiger charge is 2.30. The van der Waals surface area contributed by atoms with Crippen LogP contribution in [0, 0.1) is 5.82 Å². The van der Waals surface area contributed by atoms with Crippen LogP contribution in [0.25, 0.3) is 5.69 Å². The Bertz CT molecular complexity index is 672. The SMILES string of the molecule is O=C1CC(Nc2cc(-n3cnnn3)ccc2F)C(=O)N1. The Labute approximate surface area is 112 Å². The second kappa shape index (κ2) is 4.68. The smallest absolute Gasteiger partial charge is 0.249 e. The number of nitrogens with zero attached hydrogens (tertiary/aromatic N) is 4. The first kappa shape index (κ1) is 12.2. The lowest BCUT2D eigenvalue weighted by atomic mass is 10.2. The minimum atomic E-state index is -0.777. The van der Waals surface area contributed by atoms with E-state index in [1.54, 1.807) is 0 Å². The Kier molecular flexibility index (Phi) is 2.86. The zero-order valence-electron chi connectivity index (χ0n) is 10.1. The summed E-state index contributed by atoms with van der Waals surface area (Å²) in [5.74, 6) is -1.39. The lowest BCUT2D eigenvalue weighted by Crippen LogP contribution is -2.30. The number of imide groups is 1. The topological polar surface area (TPSA) is 102 Å². The van der Waals surface area contributed by atoms with Crippen molar-refractivity contribution < 1.29 is 14.0 Å². The molecule has 2 N–H and O–H groups in total. The average Bonchev–Trinajstić information content (AvgIpc) is 3.03. The van der Waals surface area contributed by atoms with Gasteiger partial charge in [-0.3, -0.25) is 14.9 Å². The molecule has 1 atom stereocenters. The standard InChI is InChI=1S/C11H9FN6O2/c12-7-2-1-6(18-5-13-16-17-18)3-8(7)14-9-4-10(19)15-11(9)20/h1-3,5,9,14H,4H2,(H,15,19,20). The highest BCUT2D eigenvalue weighted by molar-refractivity contribution is 6.06. The van der Waals surface area contributed by atoms with Crippen LogP contribution >= 0.6 is 0 Å². The molecule has 1 fully saturated rings. The van der Waals surface area contributed by atoms with Crippen LogP contribution in [0.3, 0.4) is 0 Å². The molecule has 1 aliphatic rings. The molecule has 0 bridgehead atoms. The predicted molar refractivity (Wildman–Crippen MR) is 64.3 cm³/mol. The van der Waals surface area contributed by atoms with Crippen LogP contribution in [-0.2, 0) is 9.59 Å². The van der Waals surface area contributed by atoms with Crippen molar-refractivity contribution in [3.8, 4) is 5.69 Å². The van der Waals surface area contributed by atoms with Gasteiger partial charge < -0.3 is 5.32 Å². The molecule has 8 nitrogen and oxygen atoms in total. The first-order valence-corrected chi connectivity index (χ1v) is 5.76. The zero-order chi connectivity index (χ0) is 14.1. The van der Waals surface area contributed by atoms with Crippen molar-refractivity contribution in [2.24, 2.45) is 0 Å². The van der Waals surface area contributed by atoms with Crippen molar-refractivity contribution in [2.45, 2.75) is 12.5 Å². The van der Waals surface area contributed by atoms with Crippen molar-refractivity contribution >= 4 is 17.5 Å². The number of nitrogens with one attached hydrogen (secondary N) is 2. The van der Waals surface area contributed by atoms with Gasteiger partial charge in [-0.25, -0.2) is 9.07 Å². The summed E-state index contributed by atoms with van der Waals surface area (Å²) in [6.07, 6.45) is 1.34. The summed E-state index contributed by atoms with van der Waals surface area (Å²) in [4.78, 5) is 22.6. The molecule has 3 rings (SSSR count). The first-order valence-electron chi connectivity index (χ1n) is 5.76. The third-order valence-corrected chi connectivity index (χ3v) is 2.86. The number of hydrogen-bond donors (Lipinski definition) is 2. The fourth-order valence-corrected chi connectivity index (χ4v) is 1.90. The molecule has 2 aromatic rings. The highest BCUT2D eigenvalue weighted by atomic mass is 19.1. The molecule has 2 amide bonds. The second-order valence-electron chi connectivity index (χ2n) is 4.23. The summed E-state index contributed by atoms with van der Waals surface area (Å²) in [6.45, 7) is 0. The van der Waals surface area contributed by atoms with Gasteiger partial charge in [0.1, 0.15) is 18.2 Å². The molecule has 1 aromatic heterocycles. The molecule has 1 aromatic carbocycles. The van der Waals surface area contributed by atoms with Gasteiger partial charge in [0.15, 0.2) is 0 Å². The molecule has 1 unspecified atom stereocenters. The van der Waals surface area contributed by atoms with Gasteiger partial charge in [-0.05, 0) is 28.6 Å². The lowest BCUT2D eigenvalue weighted by Gasteiger charge is -2.12. The van der Waals surface area contributed by atoms with E-state index in [9.17, 15) is 14.0 Å². The van der Waals surface area contributed by atoms with Crippen molar-refractivity contribution in [2.75, 3.05) is 5.32 Å². The number of amides is 2. The number of aromatic nitrogens is 4. The average molecular weight is 276 g/mol. The molecular weight excluding hydrogens is 267 g/mol. The van der Waals surface area contributed by atoms with Crippen molar-refractivity contribution in [3.05, 3.63) is 30.3 Å². The van der Waals surface area contributed by atoms with Gasteiger partial charge in [-0.1, -0.05) is 0 Å². The van der Waals surface area contributed by atoms with Crippen LogP contribution in [-0.4, -0.2) is 38.1 Å². The number of rotatable bonds is 3. The van der Waals surface area contributed by atoms with Crippen molar-refractivity contribution in [1.29, 1.82) is 0 Å².